The summed E-state index contributed by atoms with van der Waals surface area (Å²) in [7, 11) is 0. The van der Waals surface area contributed by atoms with Gasteiger partial charge in [0.15, 0.2) is 0 Å². The van der Waals surface area contributed by atoms with E-state index in [4.69, 9.17) is 4.74 Å². The van der Waals surface area contributed by atoms with Crippen LogP contribution in [0.2, 0.25) is 0 Å². The molecule has 6 nitrogen and oxygen atoms in total. The highest BCUT2D eigenvalue weighted by Gasteiger charge is 2.11. The molecule has 0 unspecified atom stereocenters. The van der Waals surface area contributed by atoms with E-state index in [1.165, 1.54) is 0 Å². The van der Waals surface area contributed by atoms with Gasteiger partial charge in [-0.2, -0.15) is 0 Å². The SMILES string of the molecule is O=C(Nc1cc(NC(=O)c2ccccc2)cc(Oc2cccnc2)c1)c1ccccc1. The number of pyridine rings is 1. The molecular formula is C25H19N3O3. The first-order chi connectivity index (χ1) is 15.2. The van der Waals surface area contributed by atoms with Crippen LogP contribution in [0.3, 0.4) is 0 Å². The summed E-state index contributed by atoms with van der Waals surface area (Å²) < 4.78 is 5.87. The minimum absolute atomic E-state index is 0.264. The normalized spacial score (nSPS) is 10.2. The van der Waals surface area contributed by atoms with Crippen molar-refractivity contribution in [3.63, 3.8) is 0 Å². The van der Waals surface area contributed by atoms with Crippen molar-refractivity contribution in [1.82, 2.24) is 4.98 Å². The summed E-state index contributed by atoms with van der Waals surface area (Å²) in [4.78, 5) is 29.2. The zero-order valence-electron chi connectivity index (χ0n) is 16.5. The summed E-state index contributed by atoms with van der Waals surface area (Å²) >= 11 is 0. The standard InChI is InChI=1S/C25H19N3O3/c29-24(18-8-3-1-4-9-18)27-20-14-21(28-25(30)19-10-5-2-6-11-19)16-23(15-20)31-22-12-7-13-26-17-22/h1-17H,(H,27,29)(H,28,30). The third-order valence-corrected chi connectivity index (χ3v) is 4.36. The van der Waals surface area contributed by atoms with E-state index in [9.17, 15) is 9.59 Å². The van der Waals surface area contributed by atoms with Gasteiger partial charge in [-0.3, -0.25) is 14.6 Å². The van der Waals surface area contributed by atoms with Crippen molar-refractivity contribution in [3.8, 4) is 11.5 Å². The fraction of sp³-hybridized carbons (Fsp3) is 0. The molecule has 152 valence electrons. The molecule has 6 heteroatoms. The zero-order chi connectivity index (χ0) is 21.5. The number of amides is 2. The van der Waals surface area contributed by atoms with Crippen LogP contribution in [0.5, 0.6) is 11.5 Å². The molecule has 1 aromatic heterocycles. The molecule has 0 spiro atoms. The van der Waals surface area contributed by atoms with Crippen molar-refractivity contribution in [2.75, 3.05) is 10.6 Å². The predicted octanol–water partition coefficient (Wildman–Crippen LogP) is 5.38. The second-order valence-electron chi connectivity index (χ2n) is 6.68. The Morgan fingerprint density at radius 1 is 0.645 bits per heavy atom. The number of hydrogen-bond donors (Lipinski definition) is 2. The molecule has 0 radical (unpaired) electrons. The Bertz CT molecular complexity index is 1110. The Morgan fingerprint density at radius 3 is 1.68 bits per heavy atom. The predicted molar refractivity (Wildman–Crippen MR) is 120 cm³/mol. The number of ether oxygens (including phenoxy) is 1. The summed E-state index contributed by atoms with van der Waals surface area (Å²) in [6.45, 7) is 0. The molecule has 0 aliphatic rings. The van der Waals surface area contributed by atoms with Crippen LogP contribution in [0.1, 0.15) is 20.7 Å². The number of hydrogen-bond acceptors (Lipinski definition) is 4. The Hall–Kier alpha value is -4.45. The van der Waals surface area contributed by atoms with Crippen LogP contribution < -0.4 is 15.4 Å². The maximum absolute atomic E-state index is 12.6. The van der Waals surface area contributed by atoms with Gasteiger partial charge in [-0.25, -0.2) is 0 Å². The van der Waals surface area contributed by atoms with Crippen molar-refractivity contribution in [2.24, 2.45) is 0 Å². The van der Waals surface area contributed by atoms with Gasteiger partial charge in [0.2, 0.25) is 0 Å². The minimum atomic E-state index is -0.264. The molecule has 31 heavy (non-hydrogen) atoms. The number of nitrogens with zero attached hydrogens (tertiary/aromatic N) is 1. The molecule has 0 aliphatic heterocycles. The molecule has 0 fully saturated rings. The fourth-order valence-corrected chi connectivity index (χ4v) is 2.93. The van der Waals surface area contributed by atoms with E-state index < -0.39 is 0 Å². The number of carbonyl (C=O) groups excluding carboxylic acids is 2. The Morgan fingerprint density at radius 2 is 1.19 bits per heavy atom. The van der Waals surface area contributed by atoms with Gasteiger partial charge in [0, 0.05) is 40.8 Å². The monoisotopic (exact) mass is 409 g/mol. The number of rotatable bonds is 6. The smallest absolute Gasteiger partial charge is 0.255 e. The number of carbonyl (C=O) groups is 2. The van der Waals surface area contributed by atoms with Gasteiger partial charge in [0.25, 0.3) is 11.8 Å². The number of anilines is 2. The molecule has 0 bridgehead atoms. The maximum atomic E-state index is 12.6. The molecule has 0 aliphatic carbocycles. The third-order valence-electron chi connectivity index (χ3n) is 4.36. The van der Waals surface area contributed by atoms with Crippen LogP contribution in [-0.2, 0) is 0 Å². The lowest BCUT2D eigenvalue weighted by Gasteiger charge is -2.13. The van der Waals surface area contributed by atoms with Gasteiger partial charge < -0.3 is 15.4 Å². The average molecular weight is 409 g/mol. The van der Waals surface area contributed by atoms with E-state index in [-0.39, 0.29) is 11.8 Å². The third kappa shape index (κ3) is 5.33. The van der Waals surface area contributed by atoms with E-state index in [0.717, 1.165) is 0 Å². The largest absolute Gasteiger partial charge is 0.456 e. The summed E-state index contributed by atoms with van der Waals surface area (Å²) in [6.07, 6.45) is 3.23. The van der Waals surface area contributed by atoms with Crippen LogP contribution in [0.4, 0.5) is 11.4 Å². The Kier molecular flexibility index (Phi) is 6.00. The zero-order valence-corrected chi connectivity index (χ0v) is 16.5. The van der Waals surface area contributed by atoms with Crippen molar-refractivity contribution in [3.05, 3.63) is 115 Å². The van der Waals surface area contributed by atoms with Gasteiger partial charge in [0.05, 0.1) is 6.20 Å². The van der Waals surface area contributed by atoms with E-state index in [1.807, 2.05) is 12.1 Å². The number of aromatic nitrogens is 1. The first kappa shape index (κ1) is 19.8. The minimum Gasteiger partial charge on any atom is -0.456 e. The van der Waals surface area contributed by atoms with Gasteiger partial charge in [-0.05, 0) is 42.5 Å². The maximum Gasteiger partial charge on any atom is 0.255 e. The van der Waals surface area contributed by atoms with Crippen molar-refractivity contribution < 1.29 is 14.3 Å². The molecule has 4 aromatic rings. The average Bonchev–Trinajstić information content (AvgIpc) is 2.81. The van der Waals surface area contributed by atoms with Crippen LogP contribution in [0, 0.1) is 0 Å². The molecule has 0 saturated carbocycles. The molecule has 3 aromatic carbocycles. The lowest BCUT2D eigenvalue weighted by atomic mass is 10.2. The summed E-state index contributed by atoms with van der Waals surface area (Å²) in [5, 5.41) is 5.70. The quantitative estimate of drug-likeness (QED) is 0.448. The molecule has 1 heterocycles. The summed E-state index contributed by atoms with van der Waals surface area (Å²) in [6, 6.07) is 26.3. The van der Waals surface area contributed by atoms with Gasteiger partial charge in [-0.1, -0.05) is 36.4 Å². The van der Waals surface area contributed by atoms with Crippen molar-refractivity contribution in [2.45, 2.75) is 0 Å². The first-order valence-corrected chi connectivity index (χ1v) is 9.63. The summed E-state index contributed by atoms with van der Waals surface area (Å²) in [5.41, 5.74) is 2.02. The van der Waals surface area contributed by atoms with E-state index in [1.54, 1.807) is 91.3 Å². The van der Waals surface area contributed by atoms with Crippen LogP contribution in [0.25, 0.3) is 0 Å². The van der Waals surface area contributed by atoms with E-state index in [0.29, 0.717) is 34.0 Å². The number of nitrogens with one attached hydrogen (secondary N) is 2. The summed E-state index contributed by atoms with van der Waals surface area (Å²) in [5.74, 6) is 0.454. The topological polar surface area (TPSA) is 80.3 Å². The highest BCUT2D eigenvalue weighted by atomic mass is 16.5. The molecule has 0 atom stereocenters. The first-order valence-electron chi connectivity index (χ1n) is 9.63. The lowest BCUT2D eigenvalue weighted by Crippen LogP contribution is -2.14. The van der Waals surface area contributed by atoms with Crippen LogP contribution in [0.15, 0.2) is 103 Å². The fourth-order valence-electron chi connectivity index (χ4n) is 2.93. The van der Waals surface area contributed by atoms with Gasteiger partial charge >= 0.3 is 0 Å². The second kappa shape index (κ2) is 9.37. The Labute approximate surface area is 179 Å². The lowest BCUT2D eigenvalue weighted by molar-refractivity contribution is 0.101. The van der Waals surface area contributed by atoms with Crippen molar-refractivity contribution >= 4 is 23.2 Å². The molecule has 0 saturated heterocycles. The van der Waals surface area contributed by atoms with Crippen molar-refractivity contribution in [1.29, 1.82) is 0 Å². The van der Waals surface area contributed by atoms with Gasteiger partial charge in [-0.15, -0.1) is 0 Å². The highest BCUT2D eigenvalue weighted by molar-refractivity contribution is 6.06. The van der Waals surface area contributed by atoms with Gasteiger partial charge in [0.1, 0.15) is 11.5 Å². The second-order valence-corrected chi connectivity index (χ2v) is 6.68. The molecule has 2 amide bonds. The van der Waals surface area contributed by atoms with Crippen LogP contribution >= 0.6 is 0 Å². The highest BCUT2D eigenvalue weighted by Crippen LogP contribution is 2.29. The number of benzene rings is 3. The Balaban J connectivity index is 1.61. The van der Waals surface area contributed by atoms with Crippen LogP contribution in [-0.4, -0.2) is 16.8 Å². The van der Waals surface area contributed by atoms with E-state index >= 15 is 0 Å². The molecule has 2 N–H and O–H groups in total. The molecule has 4 rings (SSSR count). The van der Waals surface area contributed by atoms with E-state index in [2.05, 4.69) is 15.6 Å². The molecular weight excluding hydrogens is 390 g/mol.